The van der Waals surface area contributed by atoms with Crippen LogP contribution < -0.4 is 10.6 Å². The molecule has 7 nitrogen and oxygen atoms in total. The Balaban J connectivity index is 1.53. The van der Waals surface area contributed by atoms with Gasteiger partial charge in [0.1, 0.15) is 11.4 Å². The van der Waals surface area contributed by atoms with Gasteiger partial charge in [-0.1, -0.05) is 29.3 Å². The zero-order valence-corrected chi connectivity index (χ0v) is 21.3. The van der Waals surface area contributed by atoms with Gasteiger partial charge < -0.3 is 20.3 Å². The number of nitrogens with one attached hydrogen (secondary N) is 2. The average molecular weight is 502 g/mol. The molecule has 1 aliphatic rings. The third-order valence-corrected chi connectivity index (χ3v) is 5.90. The molecular formula is C25H29Cl2N5O2. The molecule has 0 aliphatic carbocycles. The molecule has 34 heavy (non-hydrogen) atoms. The van der Waals surface area contributed by atoms with E-state index in [0.29, 0.717) is 34.8 Å². The summed E-state index contributed by atoms with van der Waals surface area (Å²) < 4.78 is 5.51. The summed E-state index contributed by atoms with van der Waals surface area (Å²) in [5.74, 6) is 1.20. The van der Waals surface area contributed by atoms with Crippen molar-refractivity contribution in [3.05, 3.63) is 52.0 Å². The van der Waals surface area contributed by atoms with Gasteiger partial charge in [-0.25, -0.2) is 9.78 Å². The topological polar surface area (TPSA) is 79.4 Å². The number of amides is 1. The van der Waals surface area contributed by atoms with E-state index >= 15 is 0 Å². The van der Waals surface area contributed by atoms with Gasteiger partial charge in [-0.3, -0.25) is 0 Å². The predicted octanol–water partition coefficient (Wildman–Crippen LogP) is 6.80. The van der Waals surface area contributed by atoms with Crippen LogP contribution in [0.3, 0.4) is 0 Å². The largest absolute Gasteiger partial charge is 0.444 e. The van der Waals surface area contributed by atoms with Crippen molar-refractivity contribution in [3.8, 4) is 0 Å². The van der Waals surface area contributed by atoms with E-state index in [1.54, 1.807) is 23.1 Å². The number of fused-ring (bicyclic) bond motifs is 1. The van der Waals surface area contributed by atoms with Crippen LogP contribution in [0.1, 0.15) is 39.2 Å². The second kappa shape index (κ2) is 9.84. The molecule has 0 saturated carbocycles. The third-order valence-electron chi connectivity index (χ3n) is 5.46. The third kappa shape index (κ3) is 6.21. The lowest BCUT2D eigenvalue weighted by atomic mass is 10.0. The average Bonchev–Trinajstić information content (AvgIpc) is 2.72. The molecule has 0 unspecified atom stereocenters. The van der Waals surface area contributed by atoms with E-state index in [9.17, 15) is 4.79 Å². The highest BCUT2D eigenvalue weighted by atomic mass is 35.5. The summed E-state index contributed by atoms with van der Waals surface area (Å²) in [6.07, 6.45) is 1.33. The van der Waals surface area contributed by atoms with E-state index in [2.05, 4.69) is 10.6 Å². The highest BCUT2D eigenvalue weighted by Crippen LogP contribution is 2.29. The van der Waals surface area contributed by atoms with E-state index in [4.69, 9.17) is 37.9 Å². The van der Waals surface area contributed by atoms with Gasteiger partial charge in [0.05, 0.1) is 5.52 Å². The van der Waals surface area contributed by atoms with Gasteiger partial charge in [-0.2, -0.15) is 4.98 Å². The highest BCUT2D eigenvalue weighted by molar-refractivity contribution is 6.35. The Bertz CT molecular complexity index is 1180. The maximum atomic E-state index is 12.4. The van der Waals surface area contributed by atoms with E-state index in [1.165, 1.54) is 0 Å². The fourth-order valence-electron chi connectivity index (χ4n) is 3.89. The number of hydrogen-bond acceptors (Lipinski definition) is 6. The lowest BCUT2D eigenvalue weighted by Gasteiger charge is -2.34. The number of benzene rings is 2. The Morgan fingerprint density at radius 2 is 1.74 bits per heavy atom. The molecule has 1 aromatic heterocycles. The Kier molecular flexibility index (Phi) is 7.05. The summed E-state index contributed by atoms with van der Waals surface area (Å²) in [6, 6.07) is 11.5. The second-order valence-electron chi connectivity index (χ2n) is 9.59. The number of aromatic nitrogens is 2. The molecule has 2 heterocycles. The smallest absolute Gasteiger partial charge is 0.410 e. The number of ether oxygens (including phenoxy) is 1. The molecule has 0 spiro atoms. The van der Waals surface area contributed by atoms with Crippen molar-refractivity contribution in [2.75, 3.05) is 23.7 Å². The standard InChI is InChI=1S/C25H29Cl2N5O2/c1-15-5-6-20-21(11-15)30-23(29-19-13-16(26)12-17(27)14-19)31-22(20)28-18-7-9-32(10-8-18)24(33)34-25(2,3)4/h5-6,11-14,18H,7-10H2,1-4H3,(H2,28,29,30,31). The zero-order chi connectivity index (χ0) is 24.5. The Morgan fingerprint density at radius 3 is 2.38 bits per heavy atom. The lowest BCUT2D eigenvalue weighted by Crippen LogP contribution is -2.44. The van der Waals surface area contributed by atoms with Crippen LogP contribution >= 0.6 is 23.2 Å². The maximum Gasteiger partial charge on any atom is 0.410 e. The first-order valence-electron chi connectivity index (χ1n) is 11.3. The van der Waals surface area contributed by atoms with Crippen molar-refractivity contribution in [1.82, 2.24) is 14.9 Å². The summed E-state index contributed by atoms with van der Waals surface area (Å²) in [7, 11) is 0. The van der Waals surface area contributed by atoms with Crippen LogP contribution in [0.5, 0.6) is 0 Å². The van der Waals surface area contributed by atoms with Crippen LogP contribution in [-0.4, -0.2) is 45.7 Å². The zero-order valence-electron chi connectivity index (χ0n) is 19.8. The predicted molar refractivity (Wildman–Crippen MR) is 138 cm³/mol. The monoisotopic (exact) mass is 501 g/mol. The van der Waals surface area contributed by atoms with Crippen LogP contribution in [0.25, 0.3) is 10.9 Å². The number of rotatable bonds is 4. The second-order valence-corrected chi connectivity index (χ2v) is 10.5. The maximum absolute atomic E-state index is 12.4. The van der Waals surface area contributed by atoms with Crippen LogP contribution in [0.2, 0.25) is 10.0 Å². The summed E-state index contributed by atoms with van der Waals surface area (Å²) in [5, 5.41) is 8.79. The van der Waals surface area contributed by atoms with E-state index in [-0.39, 0.29) is 12.1 Å². The van der Waals surface area contributed by atoms with E-state index in [0.717, 1.165) is 35.1 Å². The lowest BCUT2D eigenvalue weighted by molar-refractivity contribution is 0.0210. The number of likely N-dealkylation sites (tertiary alicyclic amines) is 1. The number of carbonyl (C=O) groups excluding carboxylic acids is 1. The van der Waals surface area contributed by atoms with Gasteiger partial charge in [-0.05, 0) is 76.4 Å². The van der Waals surface area contributed by atoms with Crippen LogP contribution in [-0.2, 0) is 4.74 Å². The van der Waals surface area contributed by atoms with Crippen molar-refractivity contribution in [3.63, 3.8) is 0 Å². The molecule has 0 radical (unpaired) electrons. The first-order valence-corrected chi connectivity index (χ1v) is 12.1. The molecule has 4 rings (SSSR count). The fraction of sp³-hybridized carbons (Fsp3) is 0.400. The molecule has 1 saturated heterocycles. The minimum absolute atomic E-state index is 0.173. The Morgan fingerprint density at radius 1 is 1.06 bits per heavy atom. The van der Waals surface area contributed by atoms with Crippen LogP contribution in [0.4, 0.5) is 22.2 Å². The Labute approximate surface area is 209 Å². The molecule has 1 amide bonds. The van der Waals surface area contributed by atoms with E-state index in [1.807, 2.05) is 45.9 Å². The van der Waals surface area contributed by atoms with Crippen LogP contribution in [0, 0.1) is 6.92 Å². The minimum Gasteiger partial charge on any atom is -0.444 e. The number of carbonyl (C=O) groups is 1. The number of hydrogen-bond donors (Lipinski definition) is 2. The van der Waals surface area contributed by atoms with Gasteiger partial charge in [0.15, 0.2) is 0 Å². The summed E-state index contributed by atoms with van der Waals surface area (Å²) in [6.45, 7) is 8.92. The highest BCUT2D eigenvalue weighted by Gasteiger charge is 2.27. The first kappa shape index (κ1) is 24.4. The molecule has 1 fully saturated rings. The van der Waals surface area contributed by atoms with Crippen molar-refractivity contribution < 1.29 is 9.53 Å². The van der Waals surface area contributed by atoms with Crippen LogP contribution in [0.15, 0.2) is 36.4 Å². The number of halogens is 2. The van der Waals surface area contributed by atoms with E-state index < -0.39 is 5.60 Å². The molecular weight excluding hydrogens is 473 g/mol. The normalized spacial score (nSPS) is 14.8. The number of anilines is 3. The number of nitrogens with zero attached hydrogens (tertiary/aromatic N) is 3. The summed E-state index contributed by atoms with van der Waals surface area (Å²) >= 11 is 12.3. The fourth-order valence-corrected chi connectivity index (χ4v) is 4.41. The molecule has 3 aromatic rings. The quantitative estimate of drug-likeness (QED) is 0.409. The van der Waals surface area contributed by atoms with Gasteiger partial charge >= 0.3 is 6.09 Å². The Hall–Kier alpha value is -2.77. The molecule has 2 N–H and O–H groups in total. The van der Waals surface area contributed by atoms with Crippen molar-refractivity contribution >= 4 is 57.7 Å². The number of aryl methyl sites for hydroxylation is 1. The number of piperidine rings is 1. The molecule has 0 atom stereocenters. The molecule has 9 heteroatoms. The van der Waals surface area contributed by atoms with Gasteiger partial charge in [0.2, 0.25) is 5.95 Å². The first-order chi connectivity index (χ1) is 16.1. The van der Waals surface area contributed by atoms with Gasteiger partial charge in [0, 0.05) is 40.3 Å². The molecule has 2 aromatic carbocycles. The van der Waals surface area contributed by atoms with Gasteiger partial charge in [-0.15, -0.1) is 0 Å². The van der Waals surface area contributed by atoms with Crippen molar-refractivity contribution in [1.29, 1.82) is 0 Å². The summed E-state index contributed by atoms with van der Waals surface area (Å²) in [5.41, 5.74) is 2.15. The molecule has 180 valence electrons. The summed E-state index contributed by atoms with van der Waals surface area (Å²) in [4.78, 5) is 23.6. The SMILES string of the molecule is Cc1ccc2c(NC3CCN(C(=O)OC(C)(C)C)CC3)nc(Nc3cc(Cl)cc(Cl)c3)nc2c1. The van der Waals surface area contributed by atoms with Crippen molar-refractivity contribution in [2.45, 2.75) is 52.2 Å². The van der Waals surface area contributed by atoms with Crippen molar-refractivity contribution in [2.24, 2.45) is 0 Å². The molecule has 1 aliphatic heterocycles. The van der Waals surface area contributed by atoms with Gasteiger partial charge in [0.25, 0.3) is 0 Å². The molecule has 0 bridgehead atoms. The minimum atomic E-state index is -0.499.